The van der Waals surface area contributed by atoms with Crippen LogP contribution in [0.4, 0.5) is 34.1 Å². The average Bonchev–Trinajstić information content (AvgIpc) is 3.88. The summed E-state index contributed by atoms with van der Waals surface area (Å²) in [4.78, 5) is 4.99. The van der Waals surface area contributed by atoms with Gasteiger partial charge in [-0.15, -0.1) is 0 Å². The highest BCUT2D eigenvalue weighted by atomic mass is 15.2. The van der Waals surface area contributed by atoms with E-state index in [2.05, 4.69) is 259 Å². The molecule has 71 heavy (non-hydrogen) atoms. The Morgan fingerprint density at radius 1 is 0.296 bits per heavy atom. The first-order chi connectivity index (χ1) is 34.4. The lowest BCUT2D eigenvalue weighted by molar-refractivity contribution is 0.660. The van der Waals surface area contributed by atoms with Crippen molar-refractivity contribution in [2.24, 2.45) is 0 Å². The smallest absolute Gasteiger partial charge is 0.0540 e. The summed E-state index contributed by atoms with van der Waals surface area (Å²) < 4.78 is 0. The second-order valence-electron chi connectivity index (χ2n) is 21.4. The van der Waals surface area contributed by atoms with Gasteiger partial charge in [0.1, 0.15) is 0 Å². The normalized spacial score (nSPS) is 14.8. The average molecular weight is 913 g/mol. The van der Waals surface area contributed by atoms with Crippen LogP contribution >= 0.6 is 0 Å². The number of benzene rings is 10. The minimum Gasteiger partial charge on any atom is -0.310 e. The molecule has 0 saturated heterocycles. The SMILES string of the molecule is C=Cc1ccc(N(c2ccc3c(c2)C(C)(C)c2ccccc2-3)c2ccc3c(c2)C(C)(C)c2cc(N(c4ccc5c(c4)C(C)(C)c4ccccc4-5)c4ccc(C=C)c5ccccc45)ccc2-3)c2ccccc12. The van der Waals surface area contributed by atoms with E-state index in [0.29, 0.717) is 0 Å². The molecule has 10 aromatic rings. The number of anilines is 6. The third kappa shape index (κ3) is 6.13. The van der Waals surface area contributed by atoms with Gasteiger partial charge in [-0.2, -0.15) is 0 Å². The number of nitrogens with zero attached hydrogens (tertiary/aromatic N) is 2. The topological polar surface area (TPSA) is 6.48 Å². The van der Waals surface area contributed by atoms with E-state index in [1.165, 1.54) is 88.3 Å². The maximum absolute atomic E-state index is 4.20. The Morgan fingerprint density at radius 3 is 0.915 bits per heavy atom. The molecule has 0 atom stereocenters. The van der Waals surface area contributed by atoms with Crippen molar-refractivity contribution in [3.8, 4) is 33.4 Å². The molecular weight excluding hydrogens is 857 g/mol. The zero-order valence-electron chi connectivity index (χ0n) is 41.4. The maximum atomic E-state index is 4.20. The van der Waals surface area contributed by atoms with Crippen LogP contribution in [0.1, 0.15) is 86.1 Å². The Morgan fingerprint density at radius 2 is 0.577 bits per heavy atom. The van der Waals surface area contributed by atoms with Crippen molar-refractivity contribution >= 4 is 67.8 Å². The van der Waals surface area contributed by atoms with Crippen molar-refractivity contribution in [1.29, 1.82) is 0 Å². The van der Waals surface area contributed by atoms with Gasteiger partial charge in [-0.1, -0.05) is 200 Å². The summed E-state index contributed by atoms with van der Waals surface area (Å²) in [6, 6.07) is 73.0. The quantitative estimate of drug-likeness (QED) is 0.150. The highest BCUT2D eigenvalue weighted by Crippen LogP contribution is 2.56. The highest BCUT2D eigenvalue weighted by molar-refractivity contribution is 6.05. The van der Waals surface area contributed by atoms with E-state index in [-0.39, 0.29) is 16.2 Å². The van der Waals surface area contributed by atoms with Crippen LogP contribution in [0.15, 0.2) is 207 Å². The molecule has 13 rings (SSSR count). The molecule has 0 aromatic heterocycles. The minimum absolute atomic E-state index is 0.142. The fourth-order valence-corrected chi connectivity index (χ4v) is 12.9. The molecule has 0 amide bonds. The molecule has 0 unspecified atom stereocenters. The van der Waals surface area contributed by atoms with Crippen LogP contribution in [0.5, 0.6) is 0 Å². The molecule has 0 fully saturated rings. The molecule has 2 nitrogen and oxygen atoms in total. The standard InChI is InChI=1S/C69H56N2/c1-9-43-27-37-65(57-23-13-11-19-49(43)57)70(45-29-33-53-51-21-15-17-25-59(51)67(3,4)61(53)39-45)47-31-35-55-56-36-32-48(42-64(56)69(7,8)63(55)41-47)71(66-38-28-44(10-2)50-20-12-14-24-58(50)66)46-30-34-54-52-22-16-18-26-60(52)68(5,6)62(54)40-46/h9-42H,1-2H2,3-8H3. The third-order valence-corrected chi connectivity index (χ3v) is 16.6. The van der Waals surface area contributed by atoms with Gasteiger partial charge in [0.05, 0.1) is 11.4 Å². The van der Waals surface area contributed by atoms with Gasteiger partial charge >= 0.3 is 0 Å². The zero-order chi connectivity index (χ0) is 48.6. The predicted octanol–water partition coefficient (Wildman–Crippen LogP) is 19.1. The summed E-state index contributed by atoms with van der Waals surface area (Å²) in [5.41, 5.74) is 24.4. The van der Waals surface area contributed by atoms with Crippen molar-refractivity contribution in [1.82, 2.24) is 0 Å². The van der Waals surface area contributed by atoms with Crippen LogP contribution in [0.25, 0.3) is 67.1 Å². The van der Waals surface area contributed by atoms with Crippen LogP contribution in [-0.2, 0) is 16.2 Å². The van der Waals surface area contributed by atoms with Gasteiger partial charge in [-0.05, 0) is 149 Å². The second kappa shape index (κ2) is 15.4. The molecule has 0 N–H and O–H groups in total. The van der Waals surface area contributed by atoms with E-state index in [1.54, 1.807) is 0 Å². The first kappa shape index (κ1) is 42.9. The fourth-order valence-electron chi connectivity index (χ4n) is 12.9. The molecule has 3 aliphatic carbocycles. The third-order valence-electron chi connectivity index (χ3n) is 16.6. The molecule has 0 aliphatic heterocycles. The van der Waals surface area contributed by atoms with Crippen molar-refractivity contribution in [3.63, 3.8) is 0 Å². The van der Waals surface area contributed by atoms with Crippen LogP contribution in [-0.4, -0.2) is 0 Å². The predicted molar refractivity (Wildman–Crippen MR) is 304 cm³/mol. The summed E-state index contributed by atoms with van der Waals surface area (Å²) in [7, 11) is 0. The van der Waals surface area contributed by atoms with Gasteiger partial charge in [-0.3, -0.25) is 0 Å². The van der Waals surface area contributed by atoms with E-state index in [0.717, 1.165) is 45.3 Å². The van der Waals surface area contributed by atoms with Crippen LogP contribution in [0, 0.1) is 0 Å². The molecule has 0 heterocycles. The molecule has 3 aliphatic rings. The van der Waals surface area contributed by atoms with Gasteiger partial charge in [0.15, 0.2) is 0 Å². The lowest BCUT2D eigenvalue weighted by Gasteiger charge is -2.31. The minimum atomic E-state index is -0.319. The molecular formula is C69H56N2. The Hall–Kier alpha value is -8.20. The molecule has 0 radical (unpaired) electrons. The van der Waals surface area contributed by atoms with Crippen LogP contribution < -0.4 is 9.80 Å². The summed E-state index contributed by atoms with van der Waals surface area (Å²) in [5.74, 6) is 0. The van der Waals surface area contributed by atoms with Gasteiger partial charge in [0, 0.05) is 49.8 Å². The van der Waals surface area contributed by atoms with E-state index in [9.17, 15) is 0 Å². The maximum Gasteiger partial charge on any atom is 0.0540 e. The number of hydrogen-bond acceptors (Lipinski definition) is 2. The van der Waals surface area contributed by atoms with Gasteiger partial charge < -0.3 is 9.80 Å². The first-order valence-electron chi connectivity index (χ1n) is 25.1. The molecule has 10 aromatic carbocycles. The summed E-state index contributed by atoms with van der Waals surface area (Å²) in [6.45, 7) is 22.7. The number of rotatable bonds is 8. The highest BCUT2D eigenvalue weighted by Gasteiger charge is 2.40. The van der Waals surface area contributed by atoms with Crippen molar-refractivity contribution in [3.05, 3.63) is 252 Å². The zero-order valence-corrected chi connectivity index (χ0v) is 41.4. The van der Waals surface area contributed by atoms with Crippen LogP contribution in [0.2, 0.25) is 0 Å². The van der Waals surface area contributed by atoms with E-state index < -0.39 is 0 Å². The number of fused-ring (bicyclic) bond motifs is 11. The van der Waals surface area contributed by atoms with E-state index in [1.807, 2.05) is 12.2 Å². The van der Waals surface area contributed by atoms with Crippen molar-refractivity contribution in [2.45, 2.75) is 57.8 Å². The fraction of sp³-hybridized carbons (Fsp3) is 0.130. The van der Waals surface area contributed by atoms with E-state index in [4.69, 9.17) is 0 Å². The van der Waals surface area contributed by atoms with Crippen LogP contribution in [0.3, 0.4) is 0 Å². The number of hydrogen-bond donors (Lipinski definition) is 0. The lowest BCUT2D eigenvalue weighted by atomic mass is 9.81. The molecule has 2 heteroatoms. The monoisotopic (exact) mass is 912 g/mol. The Labute approximate surface area is 418 Å². The lowest BCUT2D eigenvalue weighted by Crippen LogP contribution is -2.19. The first-order valence-corrected chi connectivity index (χ1v) is 25.1. The Kier molecular flexibility index (Phi) is 9.30. The summed E-state index contributed by atoms with van der Waals surface area (Å²) in [5, 5.41) is 4.75. The Bertz CT molecular complexity index is 3660. The Balaban J connectivity index is 0.974. The molecule has 0 saturated carbocycles. The van der Waals surface area contributed by atoms with Gasteiger partial charge in [0.2, 0.25) is 0 Å². The van der Waals surface area contributed by atoms with E-state index >= 15 is 0 Å². The van der Waals surface area contributed by atoms with Gasteiger partial charge in [0.25, 0.3) is 0 Å². The molecule has 0 bridgehead atoms. The molecule has 0 spiro atoms. The second-order valence-corrected chi connectivity index (χ2v) is 21.4. The largest absolute Gasteiger partial charge is 0.310 e. The summed E-state index contributed by atoms with van der Waals surface area (Å²) in [6.07, 6.45) is 3.94. The van der Waals surface area contributed by atoms with Crippen molar-refractivity contribution < 1.29 is 0 Å². The van der Waals surface area contributed by atoms with Gasteiger partial charge in [-0.25, -0.2) is 0 Å². The van der Waals surface area contributed by atoms with Crippen molar-refractivity contribution in [2.75, 3.05) is 9.80 Å². The molecule has 342 valence electrons. The summed E-state index contributed by atoms with van der Waals surface area (Å²) >= 11 is 0.